The number of methoxy groups -OCH3 is 1. The van der Waals surface area contributed by atoms with Gasteiger partial charge >= 0.3 is 12.2 Å². The van der Waals surface area contributed by atoms with Gasteiger partial charge in [0.15, 0.2) is 0 Å². The molecule has 0 saturated heterocycles. The van der Waals surface area contributed by atoms with Crippen molar-refractivity contribution < 1.29 is 23.5 Å². The number of rotatable bonds is 4. The molecular weight excluding hydrogens is 365 g/mol. The van der Waals surface area contributed by atoms with E-state index in [1.54, 1.807) is 18.2 Å². The van der Waals surface area contributed by atoms with Crippen LogP contribution in [0.1, 0.15) is 32.1 Å². The molecule has 1 aromatic heterocycles. The molecule has 1 fully saturated rings. The van der Waals surface area contributed by atoms with E-state index < -0.39 is 18.0 Å². The summed E-state index contributed by atoms with van der Waals surface area (Å²) in [6, 6.07) is 7.48. The lowest BCUT2D eigenvalue weighted by atomic mass is 9.96. The monoisotopic (exact) mass is 387 g/mol. The highest BCUT2D eigenvalue weighted by molar-refractivity contribution is 5.92. The van der Waals surface area contributed by atoms with Gasteiger partial charge in [-0.05, 0) is 42.7 Å². The van der Waals surface area contributed by atoms with Crippen LogP contribution in [-0.4, -0.2) is 30.3 Å². The minimum Gasteiger partial charge on any atom is -0.496 e. The number of nitrogens with one attached hydrogen (secondary N) is 2. The second kappa shape index (κ2) is 9.16. The predicted molar refractivity (Wildman–Crippen MR) is 102 cm³/mol. The Morgan fingerprint density at radius 1 is 1.11 bits per heavy atom. The summed E-state index contributed by atoms with van der Waals surface area (Å²) in [5, 5.41) is 5.12. The lowest BCUT2D eigenvalue weighted by molar-refractivity contribution is 0.154. The maximum absolute atomic E-state index is 13.4. The second-order valence-electron chi connectivity index (χ2n) is 6.56. The van der Waals surface area contributed by atoms with Crippen molar-refractivity contribution in [2.45, 2.75) is 38.1 Å². The molecule has 0 atom stereocenters. The number of amides is 2. The van der Waals surface area contributed by atoms with E-state index in [9.17, 15) is 14.0 Å². The molecule has 0 unspecified atom stereocenters. The maximum atomic E-state index is 13.4. The van der Waals surface area contributed by atoms with Gasteiger partial charge in [0, 0.05) is 23.9 Å². The minimum atomic E-state index is -0.927. The van der Waals surface area contributed by atoms with E-state index in [0.29, 0.717) is 16.9 Å². The number of halogens is 1. The third-order valence-electron chi connectivity index (χ3n) is 4.58. The van der Waals surface area contributed by atoms with Crippen LogP contribution in [0.15, 0.2) is 36.5 Å². The third-order valence-corrected chi connectivity index (χ3v) is 4.58. The van der Waals surface area contributed by atoms with Crippen molar-refractivity contribution in [1.29, 1.82) is 0 Å². The number of carbonyl (C=O) groups is 2. The number of benzene rings is 1. The Kier molecular flexibility index (Phi) is 6.41. The molecule has 0 spiro atoms. The van der Waals surface area contributed by atoms with Gasteiger partial charge in [0.05, 0.1) is 7.11 Å². The van der Waals surface area contributed by atoms with Crippen LogP contribution < -0.4 is 15.4 Å². The molecule has 1 aliphatic rings. The summed E-state index contributed by atoms with van der Waals surface area (Å²) in [5.41, 5.74) is 1.30. The first kappa shape index (κ1) is 19.6. The van der Waals surface area contributed by atoms with Gasteiger partial charge in [-0.15, -0.1) is 0 Å². The van der Waals surface area contributed by atoms with E-state index in [-0.39, 0.29) is 11.9 Å². The van der Waals surface area contributed by atoms with Gasteiger partial charge in [-0.25, -0.2) is 19.0 Å². The Morgan fingerprint density at radius 2 is 1.89 bits per heavy atom. The Morgan fingerprint density at radius 3 is 2.64 bits per heavy atom. The van der Waals surface area contributed by atoms with Crippen molar-refractivity contribution in [3.63, 3.8) is 0 Å². The average molecular weight is 387 g/mol. The normalized spacial score (nSPS) is 14.2. The van der Waals surface area contributed by atoms with E-state index in [1.807, 2.05) is 0 Å². The van der Waals surface area contributed by atoms with Crippen LogP contribution in [0, 0.1) is 5.82 Å². The topological polar surface area (TPSA) is 89.6 Å². The zero-order chi connectivity index (χ0) is 19.9. The average Bonchev–Trinajstić information content (AvgIpc) is 2.68. The number of hydrogen-bond acceptors (Lipinski definition) is 5. The summed E-state index contributed by atoms with van der Waals surface area (Å²) < 4.78 is 23.3. The van der Waals surface area contributed by atoms with Gasteiger partial charge in [0.1, 0.15) is 17.4 Å². The summed E-state index contributed by atoms with van der Waals surface area (Å²) in [6.45, 7) is 0. The first-order chi connectivity index (χ1) is 13.5. The van der Waals surface area contributed by atoms with Gasteiger partial charge in [0.25, 0.3) is 0 Å². The lowest BCUT2D eigenvalue weighted by Gasteiger charge is -2.21. The smallest absolute Gasteiger partial charge is 0.421 e. The maximum Gasteiger partial charge on any atom is 0.421 e. The van der Waals surface area contributed by atoms with Crippen molar-refractivity contribution in [2.75, 3.05) is 12.4 Å². The lowest BCUT2D eigenvalue weighted by Crippen LogP contribution is -2.38. The standard InChI is InChI=1S/C20H22FN3O4/c1-27-17-12-14(21)7-8-16(17)13-9-10-22-18(11-13)24-20(26)28-19(25)23-15-5-3-2-4-6-15/h7-12,15H,2-6H2,1H3,(H,23,25)(H,22,24,26). The van der Waals surface area contributed by atoms with Crippen molar-refractivity contribution in [1.82, 2.24) is 10.3 Å². The van der Waals surface area contributed by atoms with Crippen LogP contribution >= 0.6 is 0 Å². The number of ether oxygens (including phenoxy) is 2. The molecule has 2 aromatic rings. The highest BCUT2D eigenvalue weighted by Gasteiger charge is 2.19. The molecule has 8 heteroatoms. The highest BCUT2D eigenvalue weighted by Crippen LogP contribution is 2.31. The van der Waals surface area contributed by atoms with Gasteiger partial charge in [-0.3, -0.25) is 5.32 Å². The highest BCUT2D eigenvalue weighted by atomic mass is 19.1. The first-order valence-electron chi connectivity index (χ1n) is 9.14. The molecule has 28 heavy (non-hydrogen) atoms. The first-order valence-corrected chi connectivity index (χ1v) is 9.14. The van der Waals surface area contributed by atoms with Crippen molar-refractivity contribution in [3.8, 4) is 16.9 Å². The predicted octanol–water partition coefficient (Wildman–Crippen LogP) is 4.49. The molecule has 1 aliphatic carbocycles. The molecule has 148 valence electrons. The summed E-state index contributed by atoms with van der Waals surface area (Å²) >= 11 is 0. The molecule has 1 heterocycles. The van der Waals surface area contributed by atoms with Crippen molar-refractivity contribution in [2.24, 2.45) is 0 Å². The van der Waals surface area contributed by atoms with Crippen LogP contribution in [0.3, 0.4) is 0 Å². The van der Waals surface area contributed by atoms with E-state index in [0.717, 1.165) is 32.1 Å². The quantitative estimate of drug-likeness (QED) is 0.755. The Labute approximate surface area is 162 Å². The van der Waals surface area contributed by atoms with E-state index in [1.165, 1.54) is 25.4 Å². The Hall–Kier alpha value is -3.16. The van der Waals surface area contributed by atoms with E-state index in [4.69, 9.17) is 9.47 Å². The summed E-state index contributed by atoms with van der Waals surface area (Å²) in [5.74, 6) is 0.131. The van der Waals surface area contributed by atoms with Crippen molar-refractivity contribution in [3.05, 3.63) is 42.3 Å². The van der Waals surface area contributed by atoms with E-state index in [2.05, 4.69) is 15.6 Å². The van der Waals surface area contributed by atoms with Gasteiger partial charge in [0.2, 0.25) is 0 Å². The molecule has 1 saturated carbocycles. The van der Waals surface area contributed by atoms with E-state index >= 15 is 0 Å². The minimum absolute atomic E-state index is 0.0430. The third kappa shape index (κ3) is 5.18. The SMILES string of the molecule is COc1cc(F)ccc1-c1ccnc(NC(=O)OC(=O)NC2CCCCC2)c1. The van der Waals surface area contributed by atoms with Crippen LogP contribution in [0.2, 0.25) is 0 Å². The molecule has 2 amide bonds. The van der Waals surface area contributed by atoms with Crippen LogP contribution in [0.25, 0.3) is 11.1 Å². The molecule has 0 bridgehead atoms. The number of carbonyl (C=O) groups excluding carboxylic acids is 2. The molecule has 7 nitrogen and oxygen atoms in total. The fourth-order valence-corrected chi connectivity index (χ4v) is 3.23. The number of pyridine rings is 1. The number of nitrogens with zero attached hydrogens (tertiary/aromatic N) is 1. The number of alkyl carbamates (subject to hydrolysis) is 1. The Balaban J connectivity index is 1.62. The fraction of sp³-hybridized carbons (Fsp3) is 0.350. The number of hydrogen-bond donors (Lipinski definition) is 2. The largest absolute Gasteiger partial charge is 0.496 e. The second-order valence-corrected chi connectivity index (χ2v) is 6.56. The molecule has 3 rings (SSSR count). The van der Waals surface area contributed by atoms with Gasteiger partial charge in [-0.1, -0.05) is 19.3 Å². The number of anilines is 1. The molecule has 2 N–H and O–H groups in total. The summed E-state index contributed by atoms with van der Waals surface area (Å²) in [4.78, 5) is 27.9. The summed E-state index contributed by atoms with van der Waals surface area (Å²) in [6.07, 6.45) is 4.83. The molecular formula is C20H22FN3O4. The molecule has 1 aromatic carbocycles. The fourth-order valence-electron chi connectivity index (χ4n) is 3.23. The van der Waals surface area contributed by atoms with Gasteiger partial charge < -0.3 is 14.8 Å². The zero-order valence-corrected chi connectivity index (χ0v) is 15.5. The van der Waals surface area contributed by atoms with Crippen LogP contribution in [0.4, 0.5) is 19.8 Å². The van der Waals surface area contributed by atoms with Crippen molar-refractivity contribution >= 4 is 18.0 Å². The van der Waals surface area contributed by atoms with Crippen LogP contribution in [0.5, 0.6) is 5.75 Å². The van der Waals surface area contributed by atoms with Crippen LogP contribution in [-0.2, 0) is 4.74 Å². The van der Waals surface area contributed by atoms with Gasteiger partial charge in [-0.2, -0.15) is 0 Å². The zero-order valence-electron chi connectivity index (χ0n) is 15.5. The molecule has 0 radical (unpaired) electrons. The summed E-state index contributed by atoms with van der Waals surface area (Å²) in [7, 11) is 1.45. The molecule has 0 aliphatic heterocycles. The Bertz CT molecular complexity index is 853. The number of aromatic nitrogens is 1.